The first-order valence-electron chi connectivity index (χ1n) is 10.7. The highest BCUT2D eigenvalue weighted by atomic mass is 19.4. The van der Waals surface area contributed by atoms with Gasteiger partial charge in [-0.25, -0.2) is 0 Å². The van der Waals surface area contributed by atoms with Crippen molar-refractivity contribution in [1.29, 1.82) is 0 Å². The summed E-state index contributed by atoms with van der Waals surface area (Å²) in [6.07, 6.45) is -4.05. The van der Waals surface area contributed by atoms with Gasteiger partial charge >= 0.3 is 6.36 Å². The Morgan fingerprint density at radius 3 is 2.13 bits per heavy atom. The number of hydrogen-bond donors (Lipinski definition) is 2. The number of carbonyl (C=O) groups excluding carboxylic acids is 2. The highest BCUT2D eigenvalue weighted by Crippen LogP contribution is 2.36. The van der Waals surface area contributed by atoms with Gasteiger partial charge in [-0.2, -0.15) is 0 Å². The summed E-state index contributed by atoms with van der Waals surface area (Å²) in [5, 5.41) is 16.3. The molecule has 0 aliphatic carbocycles. The molecule has 3 rings (SSSR count). The minimum atomic E-state index is -5.04. The molecule has 0 heterocycles. The fraction of sp³-hybridized carbons (Fsp3) is 0.120. The maximum absolute atomic E-state index is 13.2. The largest absolute Gasteiger partial charge is 0.573 e. The van der Waals surface area contributed by atoms with Crippen molar-refractivity contribution in [1.82, 2.24) is 5.32 Å². The fourth-order valence-corrected chi connectivity index (χ4v) is 3.23. The third-order valence-electron chi connectivity index (χ3n) is 4.92. The Labute approximate surface area is 213 Å². The van der Waals surface area contributed by atoms with E-state index in [0.717, 1.165) is 24.3 Å². The van der Waals surface area contributed by atoms with Crippen LogP contribution in [0.2, 0.25) is 0 Å². The van der Waals surface area contributed by atoms with Crippen molar-refractivity contribution in [2.24, 2.45) is 0 Å². The first-order chi connectivity index (χ1) is 18.0. The molecule has 0 aliphatic rings. The molecule has 13 heteroatoms. The van der Waals surface area contributed by atoms with E-state index in [1.807, 2.05) is 0 Å². The number of halogens is 3. The van der Waals surface area contributed by atoms with Crippen LogP contribution >= 0.6 is 0 Å². The van der Waals surface area contributed by atoms with E-state index in [1.165, 1.54) is 44.6 Å². The average Bonchev–Trinajstić information content (AvgIpc) is 2.88. The number of nitro groups is 1. The predicted octanol–water partition coefficient (Wildman–Crippen LogP) is 4.92. The number of para-hydroxylation sites is 2. The average molecular weight is 531 g/mol. The Morgan fingerprint density at radius 2 is 1.53 bits per heavy atom. The number of methoxy groups -OCH3 is 2. The zero-order valence-corrected chi connectivity index (χ0v) is 19.9. The van der Waals surface area contributed by atoms with Gasteiger partial charge in [0.25, 0.3) is 17.5 Å². The van der Waals surface area contributed by atoms with Crippen LogP contribution in [0.3, 0.4) is 0 Å². The van der Waals surface area contributed by atoms with Gasteiger partial charge in [0.1, 0.15) is 5.70 Å². The molecule has 0 radical (unpaired) electrons. The van der Waals surface area contributed by atoms with Crippen LogP contribution in [0.4, 0.5) is 24.5 Å². The molecule has 10 nitrogen and oxygen atoms in total. The van der Waals surface area contributed by atoms with Crippen LogP contribution in [-0.4, -0.2) is 37.3 Å². The molecule has 0 atom stereocenters. The van der Waals surface area contributed by atoms with Crippen LogP contribution in [0.25, 0.3) is 6.08 Å². The smallest absolute Gasteiger partial charge is 0.493 e. The minimum Gasteiger partial charge on any atom is -0.493 e. The molecule has 0 saturated carbocycles. The third kappa shape index (κ3) is 7.00. The Morgan fingerprint density at radius 1 is 0.921 bits per heavy atom. The lowest BCUT2D eigenvalue weighted by molar-refractivity contribution is -0.385. The summed E-state index contributed by atoms with van der Waals surface area (Å²) in [6.45, 7) is 0. The van der Waals surface area contributed by atoms with Gasteiger partial charge in [0.2, 0.25) is 0 Å². The van der Waals surface area contributed by atoms with Gasteiger partial charge in [0.15, 0.2) is 17.2 Å². The molecule has 2 N–H and O–H groups in total. The Balaban J connectivity index is 2.09. The van der Waals surface area contributed by atoms with E-state index in [9.17, 15) is 32.9 Å². The van der Waals surface area contributed by atoms with Crippen molar-refractivity contribution in [3.8, 4) is 17.2 Å². The summed E-state index contributed by atoms with van der Waals surface area (Å²) < 4.78 is 52.7. The van der Waals surface area contributed by atoms with Gasteiger partial charge in [0.05, 0.1) is 36.5 Å². The number of anilines is 1. The van der Waals surface area contributed by atoms with Gasteiger partial charge < -0.3 is 24.8 Å². The lowest BCUT2D eigenvalue weighted by Gasteiger charge is -2.16. The second-order valence-corrected chi connectivity index (χ2v) is 7.40. The molecule has 3 aromatic carbocycles. The van der Waals surface area contributed by atoms with E-state index >= 15 is 0 Å². The number of hydrogen-bond acceptors (Lipinski definition) is 7. The summed E-state index contributed by atoms with van der Waals surface area (Å²) in [6, 6.07) is 14.7. The SMILES string of the molecule is COc1cc(/C=C(\NC(=O)c2ccccc2)C(=O)Nc2ccccc2OC(F)(F)F)c([N+](=O)[O-])cc1OC. The maximum Gasteiger partial charge on any atom is 0.573 e. The van der Waals surface area contributed by atoms with Crippen LogP contribution in [0.5, 0.6) is 17.2 Å². The van der Waals surface area contributed by atoms with Crippen molar-refractivity contribution >= 4 is 29.3 Å². The quantitative estimate of drug-likeness (QED) is 0.228. The number of amides is 2. The van der Waals surface area contributed by atoms with Crippen molar-refractivity contribution in [3.05, 3.63) is 93.7 Å². The van der Waals surface area contributed by atoms with Gasteiger partial charge in [-0.1, -0.05) is 30.3 Å². The maximum atomic E-state index is 13.2. The fourth-order valence-electron chi connectivity index (χ4n) is 3.23. The van der Waals surface area contributed by atoms with Crippen molar-refractivity contribution < 1.29 is 41.9 Å². The minimum absolute atomic E-state index is 0.0360. The topological polar surface area (TPSA) is 129 Å². The normalized spacial score (nSPS) is 11.3. The number of alkyl halides is 3. The van der Waals surface area contributed by atoms with E-state index < -0.39 is 40.2 Å². The predicted molar refractivity (Wildman–Crippen MR) is 130 cm³/mol. The van der Waals surface area contributed by atoms with Crippen LogP contribution in [-0.2, 0) is 4.79 Å². The highest BCUT2D eigenvalue weighted by molar-refractivity contribution is 6.11. The molecule has 0 bridgehead atoms. The summed E-state index contributed by atoms with van der Waals surface area (Å²) >= 11 is 0. The summed E-state index contributed by atoms with van der Waals surface area (Å²) in [5.41, 5.74) is -1.39. The first kappa shape index (κ1) is 27.5. The highest BCUT2D eigenvalue weighted by Gasteiger charge is 2.32. The Kier molecular flexibility index (Phi) is 8.53. The first-order valence-corrected chi connectivity index (χ1v) is 10.7. The number of nitro benzene ring substituents is 1. The second kappa shape index (κ2) is 11.8. The van der Waals surface area contributed by atoms with E-state index in [1.54, 1.807) is 18.2 Å². The molecule has 0 unspecified atom stereocenters. The molecular formula is C25H20F3N3O7. The Bertz CT molecular complexity index is 1380. The van der Waals surface area contributed by atoms with E-state index in [-0.39, 0.29) is 28.3 Å². The molecule has 198 valence electrons. The molecule has 0 fully saturated rings. The van der Waals surface area contributed by atoms with E-state index in [2.05, 4.69) is 15.4 Å². The molecular weight excluding hydrogens is 511 g/mol. The zero-order valence-electron chi connectivity index (χ0n) is 19.9. The second-order valence-electron chi connectivity index (χ2n) is 7.40. The van der Waals surface area contributed by atoms with Crippen LogP contribution < -0.4 is 24.8 Å². The molecule has 0 aromatic heterocycles. The molecule has 38 heavy (non-hydrogen) atoms. The lowest BCUT2D eigenvalue weighted by Crippen LogP contribution is -2.31. The van der Waals surface area contributed by atoms with Crippen LogP contribution in [0, 0.1) is 10.1 Å². The van der Waals surface area contributed by atoms with Crippen LogP contribution in [0.15, 0.2) is 72.4 Å². The molecule has 3 aromatic rings. The Hall–Kier alpha value is -5.07. The van der Waals surface area contributed by atoms with Gasteiger partial charge in [-0.3, -0.25) is 19.7 Å². The van der Waals surface area contributed by atoms with Gasteiger partial charge in [-0.15, -0.1) is 13.2 Å². The van der Waals surface area contributed by atoms with Crippen LogP contribution in [0.1, 0.15) is 15.9 Å². The zero-order chi connectivity index (χ0) is 27.9. The van der Waals surface area contributed by atoms with Crippen molar-refractivity contribution in [2.45, 2.75) is 6.36 Å². The standard InChI is InChI=1S/C25H20F3N3O7/c1-36-21-13-16(19(31(34)35)14-22(21)37-2)12-18(30-23(32)15-8-4-3-5-9-15)24(33)29-17-10-6-7-11-20(17)38-25(26,27)28/h3-14H,1-2H3,(H,29,33)(H,30,32)/b18-12-. The van der Waals surface area contributed by atoms with Crippen molar-refractivity contribution in [3.63, 3.8) is 0 Å². The summed E-state index contributed by atoms with van der Waals surface area (Å²) in [7, 11) is 2.57. The number of rotatable bonds is 9. The number of nitrogens with one attached hydrogen (secondary N) is 2. The van der Waals surface area contributed by atoms with Gasteiger partial charge in [0, 0.05) is 5.56 Å². The summed E-state index contributed by atoms with van der Waals surface area (Å²) in [4.78, 5) is 37.0. The third-order valence-corrected chi connectivity index (χ3v) is 4.92. The molecule has 0 aliphatic heterocycles. The number of ether oxygens (including phenoxy) is 3. The number of benzene rings is 3. The number of nitrogens with zero attached hydrogens (tertiary/aromatic N) is 1. The monoisotopic (exact) mass is 531 g/mol. The number of carbonyl (C=O) groups is 2. The molecule has 0 spiro atoms. The molecule has 2 amide bonds. The van der Waals surface area contributed by atoms with Gasteiger partial charge in [-0.05, 0) is 36.4 Å². The molecule has 0 saturated heterocycles. The van der Waals surface area contributed by atoms with Crippen molar-refractivity contribution in [2.75, 3.05) is 19.5 Å². The van der Waals surface area contributed by atoms with E-state index in [4.69, 9.17) is 9.47 Å². The summed E-state index contributed by atoms with van der Waals surface area (Å²) in [5.74, 6) is -2.43. The van der Waals surface area contributed by atoms with E-state index in [0.29, 0.717) is 0 Å². The lowest BCUT2D eigenvalue weighted by atomic mass is 10.1.